The summed E-state index contributed by atoms with van der Waals surface area (Å²) in [5.41, 5.74) is 1.83. The van der Waals surface area contributed by atoms with Gasteiger partial charge in [-0.25, -0.2) is 4.79 Å². The third kappa shape index (κ3) is 3.45. The number of hydrogen-bond donors (Lipinski definition) is 1. The molecular weight excluding hydrogens is 254 g/mol. The van der Waals surface area contributed by atoms with Crippen LogP contribution in [-0.4, -0.2) is 23.9 Å². The monoisotopic (exact) mass is 269 g/mol. The summed E-state index contributed by atoms with van der Waals surface area (Å²) < 4.78 is 5.51. The summed E-state index contributed by atoms with van der Waals surface area (Å²) in [6.45, 7) is 2.52. The first-order chi connectivity index (χ1) is 9.70. The van der Waals surface area contributed by atoms with Crippen LogP contribution in [-0.2, 0) is 0 Å². The highest BCUT2D eigenvalue weighted by atomic mass is 16.5. The Morgan fingerprint density at radius 3 is 2.55 bits per heavy atom. The van der Waals surface area contributed by atoms with Crippen LogP contribution < -0.4 is 4.74 Å². The van der Waals surface area contributed by atoms with Gasteiger partial charge in [0, 0.05) is 11.8 Å². The van der Waals surface area contributed by atoms with Crippen molar-refractivity contribution in [2.75, 3.05) is 6.61 Å². The van der Waals surface area contributed by atoms with E-state index >= 15 is 0 Å². The molecule has 0 fully saturated rings. The molecule has 2 aromatic carbocycles. The normalized spacial score (nSPS) is 10.7. The summed E-state index contributed by atoms with van der Waals surface area (Å²) in [5.74, 6) is -0.164. The number of aliphatic imine (C=N–C) groups is 1. The highest BCUT2D eigenvalue weighted by Crippen LogP contribution is 2.18. The molecule has 0 amide bonds. The molecule has 4 heteroatoms. The van der Waals surface area contributed by atoms with Crippen molar-refractivity contribution in [2.24, 2.45) is 4.99 Å². The van der Waals surface area contributed by atoms with E-state index in [1.807, 2.05) is 31.2 Å². The predicted octanol–water partition coefficient (Wildman–Crippen LogP) is 3.53. The Morgan fingerprint density at radius 2 is 1.90 bits per heavy atom. The van der Waals surface area contributed by atoms with Gasteiger partial charge in [0.25, 0.3) is 0 Å². The van der Waals surface area contributed by atoms with Crippen LogP contribution in [0, 0.1) is 0 Å². The second kappa shape index (κ2) is 6.52. The topological polar surface area (TPSA) is 58.9 Å². The summed E-state index contributed by atoms with van der Waals surface area (Å²) in [7, 11) is 0. The summed E-state index contributed by atoms with van der Waals surface area (Å²) in [6, 6.07) is 14.0. The lowest BCUT2D eigenvalue weighted by molar-refractivity contribution is 0.0697. The molecule has 0 saturated carbocycles. The summed E-state index contributed by atoms with van der Waals surface area (Å²) >= 11 is 0. The molecule has 0 spiro atoms. The average molecular weight is 269 g/mol. The largest absolute Gasteiger partial charge is 0.493 e. The number of rotatable bonds is 5. The maximum Gasteiger partial charge on any atom is 0.335 e. The van der Waals surface area contributed by atoms with Gasteiger partial charge in [-0.15, -0.1) is 0 Å². The Morgan fingerprint density at radius 1 is 1.20 bits per heavy atom. The lowest BCUT2D eigenvalue weighted by Gasteiger charge is -2.05. The van der Waals surface area contributed by atoms with Crippen molar-refractivity contribution < 1.29 is 14.6 Å². The smallest absolute Gasteiger partial charge is 0.335 e. The molecule has 0 aliphatic rings. The molecule has 4 nitrogen and oxygen atoms in total. The van der Waals surface area contributed by atoms with Crippen LogP contribution in [0.5, 0.6) is 5.75 Å². The minimum absolute atomic E-state index is 0.249. The van der Waals surface area contributed by atoms with E-state index < -0.39 is 5.97 Å². The van der Waals surface area contributed by atoms with Crippen LogP contribution >= 0.6 is 0 Å². The fourth-order valence-electron chi connectivity index (χ4n) is 1.71. The number of carboxylic acid groups (broad SMARTS) is 1. The zero-order chi connectivity index (χ0) is 14.4. The van der Waals surface area contributed by atoms with Gasteiger partial charge >= 0.3 is 5.97 Å². The standard InChI is InChI=1S/C16H15NO3/c1-2-20-15-6-4-3-5-13(15)11-17-14-9-7-12(8-10-14)16(18)19/h3-11H,2H2,1H3,(H,18,19). The molecule has 102 valence electrons. The van der Waals surface area contributed by atoms with E-state index in [1.54, 1.807) is 18.3 Å². The lowest BCUT2D eigenvalue weighted by atomic mass is 10.2. The Labute approximate surface area is 117 Å². The number of aromatic carboxylic acids is 1. The van der Waals surface area contributed by atoms with Gasteiger partial charge in [-0.2, -0.15) is 0 Å². The second-order valence-electron chi connectivity index (χ2n) is 4.08. The third-order valence-electron chi connectivity index (χ3n) is 2.69. The fourth-order valence-corrected chi connectivity index (χ4v) is 1.71. The van der Waals surface area contributed by atoms with Gasteiger partial charge in [0.15, 0.2) is 0 Å². The molecule has 0 bridgehead atoms. The molecule has 2 aromatic rings. The number of hydrogen-bond acceptors (Lipinski definition) is 3. The Hall–Kier alpha value is -2.62. The van der Waals surface area contributed by atoms with Gasteiger partial charge in [0.1, 0.15) is 5.75 Å². The maximum atomic E-state index is 10.8. The minimum atomic E-state index is -0.942. The Balaban J connectivity index is 2.18. The van der Waals surface area contributed by atoms with Gasteiger partial charge in [-0.05, 0) is 43.3 Å². The van der Waals surface area contributed by atoms with E-state index in [-0.39, 0.29) is 5.56 Å². The van der Waals surface area contributed by atoms with Gasteiger partial charge in [-0.1, -0.05) is 12.1 Å². The number of carbonyl (C=O) groups is 1. The third-order valence-corrected chi connectivity index (χ3v) is 2.69. The minimum Gasteiger partial charge on any atom is -0.493 e. The number of carboxylic acids is 1. The molecule has 0 saturated heterocycles. The second-order valence-corrected chi connectivity index (χ2v) is 4.08. The molecule has 1 N–H and O–H groups in total. The van der Waals surface area contributed by atoms with Crippen LogP contribution in [0.15, 0.2) is 53.5 Å². The SMILES string of the molecule is CCOc1ccccc1C=Nc1ccc(C(=O)O)cc1. The van der Waals surface area contributed by atoms with E-state index in [0.29, 0.717) is 12.3 Å². The zero-order valence-electron chi connectivity index (χ0n) is 11.1. The highest BCUT2D eigenvalue weighted by molar-refractivity contribution is 5.88. The molecule has 0 aliphatic carbocycles. The van der Waals surface area contributed by atoms with E-state index in [1.165, 1.54) is 12.1 Å². The highest BCUT2D eigenvalue weighted by Gasteiger charge is 2.01. The Kier molecular flexibility index (Phi) is 4.50. The van der Waals surface area contributed by atoms with Gasteiger partial charge < -0.3 is 9.84 Å². The van der Waals surface area contributed by atoms with Crippen molar-refractivity contribution in [1.82, 2.24) is 0 Å². The number of nitrogens with zero attached hydrogens (tertiary/aromatic N) is 1. The van der Waals surface area contributed by atoms with E-state index in [9.17, 15) is 4.79 Å². The van der Waals surface area contributed by atoms with E-state index in [4.69, 9.17) is 9.84 Å². The van der Waals surface area contributed by atoms with Crippen molar-refractivity contribution in [3.8, 4) is 5.75 Å². The first-order valence-electron chi connectivity index (χ1n) is 6.30. The van der Waals surface area contributed by atoms with Crippen LogP contribution in [0.4, 0.5) is 5.69 Å². The maximum absolute atomic E-state index is 10.8. The van der Waals surface area contributed by atoms with Gasteiger partial charge in [0.05, 0.1) is 17.9 Å². The van der Waals surface area contributed by atoms with Crippen LogP contribution in [0.25, 0.3) is 0 Å². The van der Waals surface area contributed by atoms with Crippen molar-refractivity contribution in [2.45, 2.75) is 6.92 Å². The number of para-hydroxylation sites is 1. The van der Waals surface area contributed by atoms with E-state index in [0.717, 1.165) is 11.3 Å². The Bertz CT molecular complexity index is 618. The number of ether oxygens (including phenoxy) is 1. The van der Waals surface area contributed by atoms with E-state index in [2.05, 4.69) is 4.99 Å². The molecule has 0 unspecified atom stereocenters. The van der Waals surface area contributed by atoms with Crippen LogP contribution in [0.3, 0.4) is 0 Å². The zero-order valence-corrected chi connectivity index (χ0v) is 11.1. The van der Waals surface area contributed by atoms with Gasteiger partial charge in [0.2, 0.25) is 0 Å². The summed E-state index contributed by atoms with van der Waals surface area (Å²) in [6.07, 6.45) is 1.71. The quantitative estimate of drug-likeness (QED) is 0.845. The first-order valence-corrected chi connectivity index (χ1v) is 6.30. The molecular formula is C16H15NO3. The molecule has 0 aromatic heterocycles. The molecule has 2 rings (SSSR count). The van der Waals surface area contributed by atoms with Gasteiger partial charge in [-0.3, -0.25) is 4.99 Å². The predicted molar refractivity (Wildman–Crippen MR) is 78.3 cm³/mol. The molecule has 20 heavy (non-hydrogen) atoms. The number of benzene rings is 2. The van der Waals surface area contributed by atoms with Crippen molar-refractivity contribution in [3.05, 3.63) is 59.7 Å². The van der Waals surface area contributed by atoms with Crippen molar-refractivity contribution in [3.63, 3.8) is 0 Å². The molecule has 0 radical (unpaired) electrons. The van der Waals surface area contributed by atoms with Crippen molar-refractivity contribution >= 4 is 17.9 Å². The molecule has 0 heterocycles. The summed E-state index contributed by atoms with van der Waals surface area (Å²) in [5, 5.41) is 8.82. The van der Waals surface area contributed by atoms with Crippen molar-refractivity contribution in [1.29, 1.82) is 0 Å². The molecule has 0 aliphatic heterocycles. The fraction of sp³-hybridized carbons (Fsp3) is 0.125. The average Bonchev–Trinajstić information content (AvgIpc) is 2.47. The van der Waals surface area contributed by atoms with Crippen LogP contribution in [0.1, 0.15) is 22.8 Å². The first kappa shape index (κ1) is 13.8. The molecule has 0 atom stereocenters. The summed E-state index contributed by atoms with van der Waals surface area (Å²) in [4.78, 5) is 15.1. The lowest BCUT2D eigenvalue weighted by Crippen LogP contribution is -1.95. The van der Waals surface area contributed by atoms with Crippen LogP contribution in [0.2, 0.25) is 0 Å².